The van der Waals surface area contributed by atoms with Gasteiger partial charge in [-0.3, -0.25) is 0 Å². The van der Waals surface area contributed by atoms with Crippen LogP contribution in [0.1, 0.15) is 43.3 Å². The number of aryl methyl sites for hydroxylation is 1. The second-order valence-corrected chi connectivity index (χ2v) is 5.27. The van der Waals surface area contributed by atoms with Crippen LogP contribution in [0.25, 0.3) is 0 Å². The fourth-order valence-corrected chi connectivity index (χ4v) is 2.54. The first-order chi connectivity index (χ1) is 9.19. The minimum atomic E-state index is -0.250. The van der Waals surface area contributed by atoms with Crippen LogP contribution in [0.5, 0.6) is 0 Å². The molecule has 0 spiro atoms. The van der Waals surface area contributed by atoms with Crippen molar-refractivity contribution in [3.63, 3.8) is 0 Å². The maximum absolute atomic E-state index is 9.89. The highest BCUT2D eigenvalue weighted by atomic mass is 16.5. The van der Waals surface area contributed by atoms with Gasteiger partial charge in [0.05, 0.1) is 6.10 Å². The lowest BCUT2D eigenvalue weighted by molar-refractivity contribution is 0.0890. The fourth-order valence-electron chi connectivity index (χ4n) is 2.54. The number of piperidine rings is 1. The Kier molecular flexibility index (Phi) is 5.10. The van der Waals surface area contributed by atoms with Crippen molar-refractivity contribution in [3.8, 4) is 0 Å². The van der Waals surface area contributed by atoms with Gasteiger partial charge in [0.25, 0.3) is 0 Å². The van der Waals surface area contributed by atoms with Gasteiger partial charge in [-0.2, -0.15) is 4.98 Å². The molecule has 1 aliphatic rings. The van der Waals surface area contributed by atoms with E-state index in [1.807, 2.05) is 13.0 Å². The van der Waals surface area contributed by atoms with Gasteiger partial charge < -0.3 is 14.5 Å². The van der Waals surface area contributed by atoms with E-state index in [0.29, 0.717) is 11.7 Å². The van der Waals surface area contributed by atoms with E-state index in [1.165, 1.54) is 0 Å². The van der Waals surface area contributed by atoms with Gasteiger partial charge in [0, 0.05) is 12.5 Å². The van der Waals surface area contributed by atoms with Gasteiger partial charge in [-0.05, 0) is 45.7 Å². The number of rotatable bonds is 6. The third-order valence-electron chi connectivity index (χ3n) is 3.65. The molecule has 0 aliphatic carbocycles. The van der Waals surface area contributed by atoms with Crippen molar-refractivity contribution < 1.29 is 9.63 Å². The summed E-state index contributed by atoms with van der Waals surface area (Å²) < 4.78 is 5.23. The first kappa shape index (κ1) is 14.2. The van der Waals surface area contributed by atoms with Gasteiger partial charge in [-0.1, -0.05) is 11.2 Å². The summed E-state index contributed by atoms with van der Waals surface area (Å²) in [6.07, 6.45) is 5.32. The number of likely N-dealkylation sites (tertiary alicyclic amines) is 1. The van der Waals surface area contributed by atoms with Crippen LogP contribution >= 0.6 is 0 Å². The van der Waals surface area contributed by atoms with Gasteiger partial charge in [-0.25, -0.2) is 0 Å². The number of allylic oxidation sites excluding steroid dienone is 1. The number of hydrogen-bond acceptors (Lipinski definition) is 5. The molecule has 1 N–H and O–H groups in total. The fraction of sp³-hybridized carbons (Fsp3) is 0.714. The SMILES string of the molecule is C=CCCC(O)CN1CCC(c2nc(C)no2)CC1. The minimum absolute atomic E-state index is 0.250. The molecule has 1 aromatic heterocycles. The first-order valence-electron chi connectivity index (χ1n) is 7.00. The molecule has 1 aliphatic heterocycles. The highest BCUT2D eigenvalue weighted by Gasteiger charge is 2.25. The maximum atomic E-state index is 9.89. The second-order valence-electron chi connectivity index (χ2n) is 5.27. The van der Waals surface area contributed by atoms with Crippen molar-refractivity contribution in [1.29, 1.82) is 0 Å². The van der Waals surface area contributed by atoms with E-state index < -0.39 is 0 Å². The summed E-state index contributed by atoms with van der Waals surface area (Å²) in [5.74, 6) is 1.85. The largest absolute Gasteiger partial charge is 0.392 e. The van der Waals surface area contributed by atoms with Crippen molar-refractivity contribution >= 4 is 0 Å². The third kappa shape index (κ3) is 4.14. The first-order valence-corrected chi connectivity index (χ1v) is 7.00. The lowest BCUT2D eigenvalue weighted by atomic mass is 9.96. The molecule has 2 rings (SSSR count). The minimum Gasteiger partial charge on any atom is -0.392 e. The Morgan fingerprint density at radius 2 is 2.26 bits per heavy atom. The van der Waals surface area contributed by atoms with Crippen molar-refractivity contribution in [2.75, 3.05) is 19.6 Å². The average molecular weight is 265 g/mol. The Bertz CT molecular complexity index is 397. The molecule has 5 heteroatoms. The molecule has 106 valence electrons. The molecule has 0 bridgehead atoms. The van der Waals surface area contributed by atoms with Crippen LogP contribution in [0, 0.1) is 6.92 Å². The predicted octanol–water partition coefficient (Wildman–Crippen LogP) is 1.88. The Hall–Kier alpha value is -1.20. The Morgan fingerprint density at radius 3 is 2.84 bits per heavy atom. The van der Waals surface area contributed by atoms with E-state index in [-0.39, 0.29) is 6.10 Å². The number of aromatic nitrogens is 2. The molecule has 0 radical (unpaired) electrons. The Morgan fingerprint density at radius 1 is 1.53 bits per heavy atom. The molecule has 0 aromatic carbocycles. The highest BCUT2D eigenvalue weighted by molar-refractivity contribution is 4.95. The maximum Gasteiger partial charge on any atom is 0.229 e. The second kappa shape index (κ2) is 6.82. The van der Waals surface area contributed by atoms with Crippen LogP contribution in [-0.4, -0.2) is 45.9 Å². The lowest BCUT2D eigenvalue weighted by Crippen LogP contribution is -2.38. The van der Waals surface area contributed by atoms with Crippen LogP contribution in [0.15, 0.2) is 17.2 Å². The summed E-state index contributed by atoms with van der Waals surface area (Å²) in [5.41, 5.74) is 0. The van der Waals surface area contributed by atoms with Crippen molar-refractivity contribution in [2.45, 2.75) is 44.6 Å². The number of aliphatic hydroxyl groups is 1. The molecule has 1 aromatic rings. The molecule has 19 heavy (non-hydrogen) atoms. The summed E-state index contributed by atoms with van der Waals surface area (Å²) in [6.45, 7) is 8.24. The normalized spacial score (nSPS) is 19.5. The Balaban J connectivity index is 1.74. The monoisotopic (exact) mass is 265 g/mol. The predicted molar refractivity (Wildman–Crippen MR) is 72.9 cm³/mol. The molecule has 1 unspecified atom stereocenters. The summed E-state index contributed by atoms with van der Waals surface area (Å²) in [5, 5.41) is 13.7. The molecule has 1 atom stereocenters. The zero-order valence-corrected chi connectivity index (χ0v) is 11.6. The molecular formula is C14H23N3O2. The van der Waals surface area contributed by atoms with Crippen LogP contribution in [0.3, 0.4) is 0 Å². The summed E-state index contributed by atoms with van der Waals surface area (Å²) in [4.78, 5) is 6.62. The van der Waals surface area contributed by atoms with Crippen LogP contribution in [0.2, 0.25) is 0 Å². The number of aliphatic hydroxyl groups excluding tert-OH is 1. The van der Waals surface area contributed by atoms with E-state index in [4.69, 9.17) is 4.52 Å². The molecule has 1 saturated heterocycles. The lowest BCUT2D eigenvalue weighted by Gasteiger charge is -2.31. The Labute approximate surface area is 114 Å². The molecule has 0 amide bonds. The molecular weight excluding hydrogens is 242 g/mol. The standard InChI is InChI=1S/C14H23N3O2/c1-3-4-5-13(18)10-17-8-6-12(7-9-17)14-15-11(2)16-19-14/h3,12-13,18H,1,4-10H2,2H3. The van der Waals surface area contributed by atoms with Gasteiger partial charge >= 0.3 is 0 Å². The number of hydrogen-bond donors (Lipinski definition) is 1. The van der Waals surface area contributed by atoms with Gasteiger partial charge in [0.15, 0.2) is 5.82 Å². The van der Waals surface area contributed by atoms with E-state index >= 15 is 0 Å². The van der Waals surface area contributed by atoms with Crippen molar-refractivity contribution in [3.05, 3.63) is 24.4 Å². The number of β-amino-alcohol motifs (C(OH)–C–C–N with tert-alkyl or cyclic N) is 1. The topological polar surface area (TPSA) is 62.4 Å². The zero-order valence-electron chi connectivity index (χ0n) is 11.6. The van der Waals surface area contributed by atoms with Crippen LogP contribution in [-0.2, 0) is 0 Å². The molecule has 1 fully saturated rings. The van der Waals surface area contributed by atoms with Crippen LogP contribution < -0.4 is 0 Å². The van der Waals surface area contributed by atoms with E-state index in [2.05, 4.69) is 21.6 Å². The summed E-state index contributed by atoms with van der Waals surface area (Å²) in [7, 11) is 0. The number of nitrogens with zero attached hydrogens (tertiary/aromatic N) is 3. The van der Waals surface area contributed by atoms with Crippen LogP contribution in [0.4, 0.5) is 0 Å². The van der Waals surface area contributed by atoms with Crippen molar-refractivity contribution in [1.82, 2.24) is 15.0 Å². The summed E-state index contributed by atoms with van der Waals surface area (Å²) >= 11 is 0. The van der Waals surface area contributed by atoms with E-state index in [0.717, 1.165) is 51.2 Å². The highest BCUT2D eigenvalue weighted by Crippen LogP contribution is 2.26. The molecule has 2 heterocycles. The average Bonchev–Trinajstić information content (AvgIpc) is 2.84. The van der Waals surface area contributed by atoms with Gasteiger partial charge in [0.1, 0.15) is 0 Å². The third-order valence-corrected chi connectivity index (χ3v) is 3.65. The van der Waals surface area contributed by atoms with E-state index in [9.17, 15) is 5.11 Å². The smallest absolute Gasteiger partial charge is 0.229 e. The molecule has 0 saturated carbocycles. The van der Waals surface area contributed by atoms with E-state index in [1.54, 1.807) is 0 Å². The quantitative estimate of drug-likeness (QED) is 0.796. The summed E-state index contributed by atoms with van der Waals surface area (Å²) in [6, 6.07) is 0. The van der Waals surface area contributed by atoms with Gasteiger partial charge in [0.2, 0.25) is 5.89 Å². The molecule has 5 nitrogen and oxygen atoms in total. The van der Waals surface area contributed by atoms with Gasteiger partial charge in [-0.15, -0.1) is 6.58 Å². The zero-order chi connectivity index (χ0) is 13.7. The van der Waals surface area contributed by atoms with Crippen molar-refractivity contribution in [2.24, 2.45) is 0 Å².